The Balaban J connectivity index is 0.779. The van der Waals surface area contributed by atoms with E-state index in [9.17, 15) is 0 Å². The fourth-order valence-corrected chi connectivity index (χ4v) is 11.9. The summed E-state index contributed by atoms with van der Waals surface area (Å²) in [5.74, 6) is 0. The van der Waals surface area contributed by atoms with Gasteiger partial charge in [-0.3, -0.25) is 0 Å². The first kappa shape index (κ1) is 48.9. The van der Waals surface area contributed by atoms with E-state index in [1.807, 2.05) is 0 Å². The van der Waals surface area contributed by atoms with E-state index in [1.165, 1.54) is 180 Å². The molecule has 12 rings (SSSR count). The lowest BCUT2D eigenvalue weighted by Crippen LogP contribution is -2.09. The first-order valence-electron chi connectivity index (χ1n) is 28.4. The molecule has 9 aromatic rings. The highest BCUT2D eigenvalue weighted by molar-refractivity contribution is 5.82. The fraction of sp³-hybridized carbons (Fsp3) is 0.200. The SMILES string of the molecule is C(=C1CCCCC1)c1ccc(-c2ccc(-c3ccc(N(c4ccc(-c5ccc(-c6ccc(C=C7CCCCC7)cc6)cc5)cc4)c4ccc(-c5ccc(-c6ccc(C=C7CCCCC7)cc6)cc5)cc4)cc3)cc2)cc1. The van der Waals surface area contributed by atoms with Gasteiger partial charge in [-0.15, -0.1) is 0 Å². The summed E-state index contributed by atoms with van der Waals surface area (Å²) in [5, 5.41) is 0. The number of hydrogen-bond donors (Lipinski definition) is 0. The lowest BCUT2D eigenvalue weighted by atomic mass is 9.93. The van der Waals surface area contributed by atoms with E-state index in [4.69, 9.17) is 0 Å². The molecule has 3 fully saturated rings. The molecule has 76 heavy (non-hydrogen) atoms. The van der Waals surface area contributed by atoms with Crippen molar-refractivity contribution in [2.24, 2.45) is 0 Å². The molecule has 0 amide bonds. The zero-order valence-electron chi connectivity index (χ0n) is 44.1. The third-order valence-electron chi connectivity index (χ3n) is 16.4. The third-order valence-corrected chi connectivity index (χ3v) is 16.4. The van der Waals surface area contributed by atoms with E-state index >= 15 is 0 Å². The zero-order chi connectivity index (χ0) is 50.9. The van der Waals surface area contributed by atoms with Gasteiger partial charge in [0.05, 0.1) is 0 Å². The van der Waals surface area contributed by atoms with E-state index in [0.29, 0.717) is 0 Å². The van der Waals surface area contributed by atoms with Crippen molar-refractivity contribution in [3.05, 3.63) is 252 Å². The third kappa shape index (κ3) is 11.8. The Hall–Kier alpha value is -8.00. The largest absolute Gasteiger partial charge is 0.311 e. The van der Waals surface area contributed by atoms with Gasteiger partial charge in [-0.25, -0.2) is 0 Å². The van der Waals surface area contributed by atoms with E-state index in [1.54, 1.807) is 16.7 Å². The van der Waals surface area contributed by atoms with Gasteiger partial charge in [0.15, 0.2) is 0 Å². The second-order valence-corrected chi connectivity index (χ2v) is 21.7. The lowest BCUT2D eigenvalue weighted by Gasteiger charge is -2.26. The Morgan fingerprint density at radius 1 is 0.184 bits per heavy atom. The van der Waals surface area contributed by atoms with Crippen molar-refractivity contribution >= 4 is 35.3 Å². The molecule has 3 aliphatic carbocycles. The van der Waals surface area contributed by atoms with Crippen LogP contribution in [0.1, 0.15) is 113 Å². The van der Waals surface area contributed by atoms with Crippen LogP contribution in [0.2, 0.25) is 0 Å². The normalized spacial score (nSPS) is 14.8. The van der Waals surface area contributed by atoms with Crippen LogP contribution in [-0.2, 0) is 0 Å². The molecule has 1 heteroatoms. The Morgan fingerprint density at radius 2 is 0.342 bits per heavy atom. The van der Waals surface area contributed by atoms with Crippen LogP contribution < -0.4 is 4.90 Å². The molecular formula is C75H69N. The standard InChI is InChI=1S/C75H69N/c1-4-10-55(11-5-1)52-58-16-22-61(23-17-58)64-28-34-67(35-29-64)70-40-46-73(47-41-70)76(74-48-42-71(43-49-74)68-36-30-65(31-37-68)62-24-18-59(19-25-62)53-56-12-6-2-7-13-56)75-50-44-72(45-51-75)69-38-32-66(33-39-69)63-26-20-60(21-27-63)54-57-14-8-3-9-15-57/h16-54H,1-15H2. The predicted molar refractivity (Wildman–Crippen MR) is 327 cm³/mol. The van der Waals surface area contributed by atoms with Crippen molar-refractivity contribution in [1.82, 2.24) is 0 Å². The van der Waals surface area contributed by atoms with Crippen molar-refractivity contribution in [2.45, 2.75) is 96.3 Å². The molecule has 1 nitrogen and oxygen atoms in total. The van der Waals surface area contributed by atoms with Gasteiger partial charge in [0.2, 0.25) is 0 Å². The average Bonchev–Trinajstić information content (AvgIpc) is 3.50. The molecule has 0 saturated heterocycles. The second kappa shape index (κ2) is 23.3. The van der Waals surface area contributed by atoms with Crippen LogP contribution in [0.3, 0.4) is 0 Å². The van der Waals surface area contributed by atoms with Crippen LogP contribution in [0.25, 0.3) is 85.0 Å². The maximum atomic E-state index is 2.41. The van der Waals surface area contributed by atoms with Crippen LogP contribution in [0.4, 0.5) is 17.1 Å². The van der Waals surface area contributed by atoms with Gasteiger partial charge < -0.3 is 4.90 Å². The number of nitrogens with zero attached hydrogens (tertiary/aromatic N) is 1. The highest BCUT2D eigenvalue weighted by Gasteiger charge is 2.15. The van der Waals surface area contributed by atoms with Gasteiger partial charge in [-0.2, -0.15) is 0 Å². The summed E-state index contributed by atoms with van der Waals surface area (Å²) in [6, 6.07) is 81.6. The molecule has 0 heterocycles. The highest BCUT2D eigenvalue weighted by atomic mass is 15.1. The fourth-order valence-electron chi connectivity index (χ4n) is 11.9. The monoisotopic (exact) mass is 984 g/mol. The summed E-state index contributed by atoms with van der Waals surface area (Å²) < 4.78 is 0. The van der Waals surface area contributed by atoms with E-state index in [2.05, 4.69) is 242 Å². The van der Waals surface area contributed by atoms with Gasteiger partial charge in [-0.05, 0) is 197 Å². The van der Waals surface area contributed by atoms with Crippen LogP contribution in [0.5, 0.6) is 0 Å². The van der Waals surface area contributed by atoms with Crippen molar-refractivity contribution in [1.29, 1.82) is 0 Å². The minimum Gasteiger partial charge on any atom is -0.311 e. The predicted octanol–water partition coefficient (Wildman–Crippen LogP) is 22.2. The molecule has 3 saturated carbocycles. The molecular weight excluding hydrogens is 915 g/mol. The van der Waals surface area contributed by atoms with Gasteiger partial charge in [0.25, 0.3) is 0 Å². The van der Waals surface area contributed by atoms with Gasteiger partial charge in [0, 0.05) is 17.1 Å². The van der Waals surface area contributed by atoms with Crippen molar-refractivity contribution in [3.8, 4) is 66.8 Å². The number of benzene rings is 9. The first-order valence-corrected chi connectivity index (χ1v) is 28.4. The minimum absolute atomic E-state index is 1.11. The molecule has 374 valence electrons. The molecule has 9 aromatic carbocycles. The molecule has 0 bridgehead atoms. The first-order chi connectivity index (χ1) is 37.6. The zero-order valence-corrected chi connectivity index (χ0v) is 44.1. The van der Waals surface area contributed by atoms with Crippen molar-refractivity contribution < 1.29 is 0 Å². The van der Waals surface area contributed by atoms with E-state index in [-0.39, 0.29) is 0 Å². The Bertz CT molecular complexity index is 3040. The van der Waals surface area contributed by atoms with Crippen LogP contribution in [0, 0.1) is 0 Å². The molecule has 0 atom stereocenters. The molecule has 3 aliphatic rings. The molecule has 0 unspecified atom stereocenters. The van der Waals surface area contributed by atoms with Crippen LogP contribution >= 0.6 is 0 Å². The van der Waals surface area contributed by atoms with Crippen molar-refractivity contribution in [2.75, 3.05) is 4.90 Å². The maximum Gasteiger partial charge on any atom is 0.0462 e. The molecule has 0 aromatic heterocycles. The van der Waals surface area contributed by atoms with Crippen molar-refractivity contribution in [3.63, 3.8) is 0 Å². The number of hydrogen-bond acceptors (Lipinski definition) is 1. The summed E-state index contributed by atoms with van der Waals surface area (Å²) in [6.45, 7) is 0. The molecule has 0 N–H and O–H groups in total. The summed E-state index contributed by atoms with van der Waals surface area (Å²) in [4.78, 5) is 2.38. The number of allylic oxidation sites excluding steroid dienone is 3. The van der Waals surface area contributed by atoms with Crippen LogP contribution in [-0.4, -0.2) is 0 Å². The van der Waals surface area contributed by atoms with Gasteiger partial charge >= 0.3 is 0 Å². The average molecular weight is 984 g/mol. The Labute approximate surface area is 452 Å². The summed E-state index contributed by atoms with van der Waals surface area (Å²) in [5.41, 5.74) is 26.8. The highest BCUT2D eigenvalue weighted by Crippen LogP contribution is 2.39. The summed E-state index contributed by atoms with van der Waals surface area (Å²) >= 11 is 0. The van der Waals surface area contributed by atoms with Gasteiger partial charge in [0.1, 0.15) is 0 Å². The molecule has 0 aliphatic heterocycles. The topological polar surface area (TPSA) is 3.24 Å². The maximum absolute atomic E-state index is 2.41. The summed E-state index contributed by atoms with van der Waals surface area (Å²) in [6.07, 6.45) is 26.8. The molecule has 0 radical (unpaired) electrons. The number of rotatable bonds is 12. The Kier molecular flexibility index (Phi) is 15.0. The Morgan fingerprint density at radius 3 is 0.526 bits per heavy atom. The quantitative estimate of drug-likeness (QED) is 0.118. The minimum atomic E-state index is 1.11. The smallest absolute Gasteiger partial charge is 0.0462 e. The van der Waals surface area contributed by atoms with Crippen LogP contribution in [0.15, 0.2) is 235 Å². The second-order valence-electron chi connectivity index (χ2n) is 21.7. The van der Waals surface area contributed by atoms with Gasteiger partial charge in [-0.1, -0.05) is 236 Å². The molecule has 0 spiro atoms. The van der Waals surface area contributed by atoms with E-state index < -0.39 is 0 Å². The number of anilines is 3. The summed E-state index contributed by atoms with van der Waals surface area (Å²) in [7, 11) is 0. The lowest BCUT2D eigenvalue weighted by molar-refractivity contribution is 0.602. The van der Waals surface area contributed by atoms with E-state index in [0.717, 1.165) is 17.1 Å².